The first-order valence-electron chi connectivity index (χ1n) is 4.93. The number of anilines is 1. The van der Waals surface area contributed by atoms with Gasteiger partial charge in [-0.05, 0) is 29.3 Å². The van der Waals surface area contributed by atoms with E-state index in [1.807, 2.05) is 6.07 Å². The lowest BCUT2D eigenvalue weighted by Gasteiger charge is -2.07. The Morgan fingerprint density at radius 3 is 2.59 bits per heavy atom. The van der Waals surface area contributed by atoms with Gasteiger partial charge >= 0.3 is 0 Å². The number of nitrogens with zero attached hydrogens (tertiary/aromatic N) is 1. The highest BCUT2D eigenvalue weighted by atomic mass is 35.5. The van der Waals surface area contributed by atoms with Gasteiger partial charge in [-0.2, -0.15) is 0 Å². The van der Waals surface area contributed by atoms with Gasteiger partial charge in [-0.25, -0.2) is 4.98 Å². The molecule has 1 aromatic carbocycles. The van der Waals surface area contributed by atoms with Crippen LogP contribution in [0.1, 0.15) is 11.1 Å². The second-order valence-corrected chi connectivity index (χ2v) is 4.48. The van der Waals surface area contributed by atoms with Crippen LogP contribution in [0, 0.1) is 0 Å². The first-order valence-corrected chi connectivity index (χ1v) is 5.69. The van der Waals surface area contributed by atoms with E-state index >= 15 is 0 Å². The molecule has 0 aliphatic heterocycles. The van der Waals surface area contributed by atoms with Crippen LogP contribution in [0.3, 0.4) is 0 Å². The Hall–Kier alpha value is -1.45. The maximum Gasteiger partial charge on any atom is 0.123 e. The van der Waals surface area contributed by atoms with Crippen LogP contribution < -0.4 is 5.73 Å². The predicted octanol–water partition coefficient (Wildman–Crippen LogP) is 3.27. The summed E-state index contributed by atoms with van der Waals surface area (Å²) in [4.78, 5) is 3.90. The van der Waals surface area contributed by atoms with E-state index in [0.29, 0.717) is 27.8 Å². The van der Waals surface area contributed by atoms with Crippen LogP contribution in [0.15, 0.2) is 30.5 Å². The summed E-state index contributed by atoms with van der Waals surface area (Å²) in [5.74, 6) is 0.567. The minimum atomic E-state index is 0.120. The third-order valence-corrected chi connectivity index (χ3v) is 3.08. The van der Waals surface area contributed by atoms with E-state index in [4.69, 9.17) is 28.9 Å². The highest BCUT2D eigenvalue weighted by molar-refractivity contribution is 6.42. The first-order chi connectivity index (χ1) is 8.06. The Labute approximate surface area is 109 Å². The molecule has 0 amide bonds. The fourth-order valence-corrected chi connectivity index (χ4v) is 1.89. The molecule has 1 aromatic heterocycles. The summed E-state index contributed by atoms with van der Waals surface area (Å²) in [6.07, 6.45) is 2.15. The molecule has 0 aliphatic rings. The van der Waals surface area contributed by atoms with Gasteiger partial charge in [-0.3, -0.25) is 0 Å². The van der Waals surface area contributed by atoms with Crippen molar-refractivity contribution in [2.75, 3.05) is 5.73 Å². The van der Waals surface area contributed by atoms with Crippen LogP contribution in [-0.2, 0) is 6.42 Å². The number of halogens is 2. The molecule has 0 fully saturated rings. The van der Waals surface area contributed by atoms with E-state index in [1.54, 1.807) is 18.3 Å². The molecule has 0 aliphatic carbocycles. The number of phenolic OH excluding ortho intramolecular Hbond substituents is 1. The van der Waals surface area contributed by atoms with Gasteiger partial charge in [-0.1, -0.05) is 23.2 Å². The molecule has 0 radical (unpaired) electrons. The van der Waals surface area contributed by atoms with Gasteiger partial charge in [-0.15, -0.1) is 0 Å². The predicted molar refractivity (Wildman–Crippen MR) is 69.6 cm³/mol. The summed E-state index contributed by atoms with van der Waals surface area (Å²) < 4.78 is 0. The lowest BCUT2D eigenvalue weighted by molar-refractivity contribution is 0.469. The largest absolute Gasteiger partial charge is 0.508 e. The van der Waals surface area contributed by atoms with Gasteiger partial charge in [0.2, 0.25) is 0 Å². The van der Waals surface area contributed by atoms with Gasteiger partial charge in [0.15, 0.2) is 0 Å². The summed E-state index contributed by atoms with van der Waals surface area (Å²) in [6.45, 7) is 0. The molecule has 5 heteroatoms. The van der Waals surface area contributed by atoms with Crippen molar-refractivity contribution < 1.29 is 5.11 Å². The van der Waals surface area contributed by atoms with Gasteiger partial charge < -0.3 is 10.8 Å². The molecule has 0 saturated heterocycles. The number of aromatic hydroxyl groups is 1. The molecule has 3 N–H and O–H groups in total. The average Bonchev–Trinajstić information content (AvgIpc) is 2.26. The van der Waals surface area contributed by atoms with Crippen molar-refractivity contribution in [2.45, 2.75) is 6.42 Å². The molecule has 1 heterocycles. The first kappa shape index (κ1) is 12.0. The number of aromatic nitrogens is 1. The summed E-state index contributed by atoms with van der Waals surface area (Å²) in [7, 11) is 0. The number of nitrogen functional groups attached to an aromatic ring is 1. The van der Waals surface area contributed by atoms with Crippen LogP contribution in [0.5, 0.6) is 5.75 Å². The van der Waals surface area contributed by atoms with Gasteiger partial charge in [0.25, 0.3) is 0 Å². The lowest BCUT2D eigenvalue weighted by atomic mass is 10.1. The molecule has 3 nitrogen and oxygen atoms in total. The Morgan fingerprint density at radius 1 is 1.18 bits per heavy atom. The van der Waals surface area contributed by atoms with E-state index in [0.717, 1.165) is 5.56 Å². The van der Waals surface area contributed by atoms with Crippen LogP contribution in [0.25, 0.3) is 0 Å². The fraction of sp³-hybridized carbons (Fsp3) is 0.0833. The van der Waals surface area contributed by atoms with Crippen LogP contribution in [0.4, 0.5) is 5.82 Å². The number of pyridine rings is 1. The van der Waals surface area contributed by atoms with Crippen molar-refractivity contribution in [2.24, 2.45) is 0 Å². The van der Waals surface area contributed by atoms with E-state index in [-0.39, 0.29) is 5.75 Å². The maximum absolute atomic E-state index is 9.76. The summed E-state index contributed by atoms with van der Waals surface area (Å²) in [5.41, 5.74) is 7.23. The summed E-state index contributed by atoms with van der Waals surface area (Å²) >= 11 is 11.7. The Balaban J connectivity index is 2.33. The Kier molecular flexibility index (Phi) is 3.41. The molecular weight excluding hydrogens is 259 g/mol. The third kappa shape index (κ3) is 2.81. The van der Waals surface area contributed by atoms with E-state index < -0.39 is 0 Å². The number of hydrogen-bond acceptors (Lipinski definition) is 3. The number of benzene rings is 1. The zero-order valence-corrected chi connectivity index (χ0v) is 10.3. The molecule has 0 bridgehead atoms. The molecule has 2 aromatic rings. The molecular formula is C12H10Cl2N2O. The minimum absolute atomic E-state index is 0.120. The van der Waals surface area contributed by atoms with Crippen molar-refractivity contribution >= 4 is 29.0 Å². The minimum Gasteiger partial charge on any atom is -0.508 e. The van der Waals surface area contributed by atoms with E-state index in [2.05, 4.69) is 4.98 Å². The van der Waals surface area contributed by atoms with Crippen molar-refractivity contribution in [3.63, 3.8) is 0 Å². The van der Waals surface area contributed by atoms with E-state index in [1.165, 1.54) is 6.07 Å². The van der Waals surface area contributed by atoms with Crippen LogP contribution >= 0.6 is 23.2 Å². The number of rotatable bonds is 2. The second kappa shape index (κ2) is 4.82. The highest BCUT2D eigenvalue weighted by Crippen LogP contribution is 2.31. The maximum atomic E-state index is 9.76. The number of hydrogen-bond donors (Lipinski definition) is 2. The molecule has 88 valence electrons. The van der Waals surface area contributed by atoms with Crippen molar-refractivity contribution in [3.8, 4) is 5.75 Å². The number of phenols is 1. The molecule has 0 unspecified atom stereocenters. The zero-order chi connectivity index (χ0) is 12.4. The van der Waals surface area contributed by atoms with Crippen molar-refractivity contribution in [3.05, 3.63) is 51.6 Å². The fourth-order valence-electron chi connectivity index (χ4n) is 1.54. The summed E-state index contributed by atoms with van der Waals surface area (Å²) in [5, 5.41) is 10.5. The SMILES string of the molecule is Nc1cc(Cc2cc(Cl)c(Cl)cc2O)ccn1. The molecule has 0 saturated carbocycles. The average molecular weight is 269 g/mol. The standard InChI is InChI=1S/C12H10Cl2N2O/c13-9-5-8(11(17)6-10(9)14)3-7-1-2-16-12(15)4-7/h1-2,4-6,17H,3H2,(H2,15,16). The zero-order valence-electron chi connectivity index (χ0n) is 8.82. The smallest absolute Gasteiger partial charge is 0.123 e. The van der Waals surface area contributed by atoms with Gasteiger partial charge in [0.1, 0.15) is 11.6 Å². The second-order valence-electron chi connectivity index (χ2n) is 3.66. The monoisotopic (exact) mass is 268 g/mol. The topological polar surface area (TPSA) is 59.1 Å². The highest BCUT2D eigenvalue weighted by Gasteiger charge is 2.07. The lowest BCUT2D eigenvalue weighted by Crippen LogP contribution is -1.94. The third-order valence-electron chi connectivity index (χ3n) is 2.36. The van der Waals surface area contributed by atoms with Crippen LogP contribution in [0.2, 0.25) is 10.0 Å². The Morgan fingerprint density at radius 2 is 1.88 bits per heavy atom. The molecule has 17 heavy (non-hydrogen) atoms. The number of nitrogens with two attached hydrogens (primary N) is 1. The van der Waals surface area contributed by atoms with Gasteiger partial charge in [0, 0.05) is 18.7 Å². The summed E-state index contributed by atoms with van der Waals surface area (Å²) in [6, 6.07) is 6.67. The normalized spacial score (nSPS) is 10.5. The van der Waals surface area contributed by atoms with Crippen molar-refractivity contribution in [1.82, 2.24) is 4.98 Å². The quantitative estimate of drug-likeness (QED) is 0.879. The molecule has 2 rings (SSSR count). The van der Waals surface area contributed by atoms with E-state index in [9.17, 15) is 5.11 Å². The van der Waals surface area contributed by atoms with Gasteiger partial charge in [0.05, 0.1) is 10.0 Å². The van der Waals surface area contributed by atoms with Crippen molar-refractivity contribution in [1.29, 1.82) is 0 Å². The molecule has 0 atom stereocenters. The van der Waals surface area contributed by atoms with Crippen LogP contribution in [-0.4, -0.2) is 10.1 Å². The Bertz CT molecular complexity index is 558. The molecule has 0 spiro atoms.